The minimum absolute atomic E-state index is 0.00125. The van der Waals surface area contributed by atoms with Crippen molar-refractivity contribution >= 4 is 17.0 Å². The molecule has 0 radical (unpaired) electrons. The number of carbonyl (C=O) groups is 1. The first kappa shape index (κ1) is 12.7. The van der Waals surface area contributed by atoms with Crippen LogP contribution in [-0.2, 0) is 0 Å². The van der Waals surface area contributed by atoms with Gasteiger partial charge in [-0.2, -0.15) is 0 Å². The van der Waals surface area contributed by atoms with Crippen LogP contribution in [0.25, 0.3) is 11.0 Å². The van der Waals surface area contributed by atoms with E-state index in [1.807, 2.05) is 6.92 Å². The second-order valence-corrected chi connectivity index (χ2v) is 5.14. The molecule has 0 spiro atoms. The number of carboxylic acid groups (broad SMARTS) is 1. The maximum absolute atomic E-state index is 12.1. The zero-order valence-electron chi connectivity index (χ0n) is 10.9. The van der Waals surface area contributed by atoms with Crippen molar-refractivity contribution in [2.45, 2.75) is 25.8 Å². The normalized spacial score (nSPS) is 21.1. The summed E-state index contributed by atoms with van der Waals surface area (Å²) in [5.74, 6) is -0.675. The number of aromatic nitrogens is 2. The molecule has 1 aliphatic carbocycles. The molecule has 1 aromatic carbocycles. The van der Waals surface area contributed by atoms with Gasteiger partial charge in [-0.25, -0.2) is 4.79 Å². The number of aromatic amines is 1. The summed E-state index contributed by atoms with van der Waals surface area (Å²) in [6, 6.07) is 4.39. The van der Waals surface area contributed by atoms with Gasteiger partial charge in [0.05, 0.1) is 16.6 Å². The number of carboxylic acids is 1. The first-order valence-corrected chi connectivity index (χ1v) is 6.54. The van der Waals surface area contributed by atoms with Gasteiger partial charge in [0.25, 0.3) is 0 Å². The number of aromatic carboxylic acids is 1. The number of hydrogen-bond acceptors (Lipinski definition) is 3. The lowest BCUT2D eigenvalue weighted by atomic mass is 10.2. The van der Waals surface area contributed by atoms with Crippen LogP contribution in [0.3, 0.4) is 0 Å². The van der Waals surface area contributed by atoms with E-state index in [1.54, 1.807) is 0 Å². The smallest absolute Gasteiger partial charge is 0.335 e. The Morgan fingerprint density at radius 2 is 2.20 bits per heavy atom. The number of benzene rings is 1. The van der Waals surface area contributed by atoms with Crippen molar-refractivity contribution in [1.29, 1.82) is 0 Å². The third-order valence-electron chi connectivity index (χ3n) is 3.91. The summed E-state index contributed by atoms with van der Waals surface area (Å²) >= 11 is 0. The highest BCUT2D eigenvalue weighted by molar-refractivity contribution is 5.92. The molecule has 2 unspecified atom stereocenters. The number of H-pyrrole nitrogens is 1. The lowest BCUT2D eigenvalue weighted by Gasteiger charge is -2.09. The highest BCUT2D eigenvalue weighted by Crippen LogP contribution is 2.45. The largest absolute Gasteiger partial charge is 0.478 e. The van der Waals surface area contributed by atoms with Crippen LogP contribution in [-0.4, -0.2) is 20.6 Å². The third kappa shape index (κ3) is 1.84. The summed E-state index contributed by atoms with van der Waals surface area (Å²) in [6.07, 6.45) is 1.79. The fourth-order valence-corrected chi connectivity index (χ4v) is 2.68. The van der Waals surface area contributed by atoms with Crippen LogP contribution in [0.1, 0.15) is 36.2 Å². The van der Waals surface area contributed by atoms with Crippen LogP contribution < -0.4 is 11.1 Å². The molecule has 0 saturated heterocycles. The lowest BCUT2D eigenvalue weighted by Crippen LogP contribution is -2.36. The number of nitrogens with zero attached hydrogens (tertiary/aromatic N) is 1. The molecule has 104 valence electrons. The quantitative estimate of drug-likeness (QED) is 0.826. The Hall–Kier alpha value is -2.37. The third-order valence-corrected chi connectivity index (χ3v) is 3.91. The van der Waals surface area contributed by atoms with E-state index in [4.69, 9.17) is 5.11 Å². The average Bonchev–Trinajstić information content (AvgIpc) is 3.18. The van der Waals surface area contributed by atoms with Gasteiger partial charge in [0, 0.05) is 6.04 Å². The minimum atomic E-state index is -1.06. The molecule has 1 aromatic heterocycles. The minimum Gasteiger partial charge on any atom is -0.478 e. The molecule has 1 heterocycles. The second-order valence-electron chi connectivity index (χ2n) is 5.14. The Morgan fingerprint density at radius 1 is 1.45 bits per heavy atom. The molecule has 0 amide bonds. The number of fused-ring (bicyclic) bond motifs is 1. The summed E-state index contributed by atoms with van der Waals surface area (Å²) in [6.45, 7) is 2.04. The summed E-state index contributed by atoms with van der Waals surface area (Å²) < 4.78 is 1.45. The van der Waals surface area contributed by atoms with Gasteiger partial charge in [0.2, 0.25) is 0 Å². The highest BCUT2D eigenvalue weighted by atomic mass is 16.4. The van der Waals surface area contributed by atoms with Crippen LogP contribution in [0.15, 0.2) is 27.8 Å². The van der Waals surface area contributed by atoms with Gasteiger partial charge < -0.3 is 10.1 Å². The number of rotatable bonds is 3. The average molecular weight is 274 g/mol. The maximum Gasteiger partial charge on any atom is 0.335 e. The monoisotopic (exact) mass is 274 g/mol. The van der Waals surface area contributed by atoms with Gasteiger partial charge in [-0.05, 0) is 30.5 Å². The van der Waals surface area contributed by atoms with Crippen molar-refractivity contribution in [1.82, 2.24) is 9.55 Å². The van der Waals surface area contributed by atoms with Gasteiger partial charge in [-0.3, -0.25) is 14.2 Å². The van der Waals surface area contributed by atoms with Crippen LogP contribution in [0.4, 0.5) is 0 Å². The van der Waals surface area contributed by atoms with Gasteiger partial charge in [-0.15, -0.1) is 0 Å². The molecule has 3 rings (SSSR count). The summed E-state index contributed by atoms with van der Waals surface area (Å²) in [4.78, 5) is 37.3. The Morgan fingerprint density at radius 3 is 2.80 bits per heavy atom. The van der Waals surface area contributed by atoms with Crippen molar-refractivity contribution < 1.29 is 9.90 Å². The molecule has 20 heavy (non-hydrogen) atoms. The van der Waals surface area contributed by atoms with Crippen LogP contribution in [0.5, 0.6) is 0 Å². The molecule has 1 fully saturated rings. The van der Waals surface area contributed by atoms with E-state index in [9.17, 15) is 14.4 Å². The highest BCUT2D eigenvalue weighted by Gasteiger charge is 2.38. The fraction of sp³-hybridized carbons (Fsp3) is 0.357. The Labute approximate surface area is 113 Å². The van der Waals surface area contributed by atoms with E-state index in [0.717, 1.165) is 12.8 Å². The topological polar surface area (TPSA) is 92.2 Å². The van der Waals surface area contributed by atoms with Crippen molar-refractivity contribution in [3.05, 3.63) is 44.5 Å². The Balaban J connectivity index is 2.31. The Kier molecular flexibility index (Phi) is 2.74. The van der Waals surface area contributed by atoms with Crippen molar-refractivity contribution in [2.24, 2.45) is 5.92 Å². The Bertz CT molecular complexity index is 818. The second kappa shape index (κ2) is 4.33. The van der Waals surface area contributed by atoms with E-state index in [2.05, 4.69) is 4.98 Å². The van der Waals surface area contributed by atoms with Crippen LogP contribution >= 0.6 is 0 Å². The molecule has 1 aliphatic rings. The molecule has 0 aliphatic heterocycles. The zero-order chi connectivity index (χ0) is 14.4. The van der Waals surface area contributed by atoms with E-state index in [1.165, 1.54) is 22.8 Å². The van der Waals surface area contributed by atoms with Crippen molar-refractivity contribution in [3.8, 4) is 0 Å². The summed E-state index contributed by atoms with van der Waals surface area (Å²) in [7, 11) is 0. The first-order chi connectivity index (χ1) is 9.52. The SMILES string of the molecule is CCC1CC1n1c(=O)c(=O)[nH]c2ccc(C(=O)O)cc21. The van der Waals surface area contributed by atoms with E-state index < -0.39 is 17.1 Å². The van der Waals surface area contributed by atoms with E-state index in [-0.39, 0.29) is 11.6 Å². The molecule has 2 aromatic rings. The number of nitrogens with one attached hydrogen (secondary N) is 1. The fourth-order valence-electron chi connectivity index (χ4n) is 2.68. The van der Waals surface area contributed by atoms with E-state index >= 15 is 0 Å². The summed E-state index contributed by atoms with van der Waals surface area (Å²) in [5.41, 5.74) is -0.202. The van der Waals surface area contributed by atoms with Crippen LogP contribution in [0, 0.1) is 5.92 Å². The van der Waals surface area contributed by atoms with Gasteiger partial charge >= 0.3 is 17.1 Å². The molecule has 6 nitrogen and oxygen atoms in total. The molecule has 2 N–H and O–H groups in total. The van der Waals surface area contributed by atoms with Crippen molar-refractivity contribution in [3.63, 3.8) is 0 Å². The molecule has 6 heteroatoms. The number of hydrogen-bond donors (Lipinski definition) is 2. The lowest BCUT2D eigenvalue weighted by molar-refractivity contribution is 0.0697. The molecule has 0 bridgehead atoms. The standard InChI is InChI=1S/C14H14N2O4/c1-2-7-5-10(7)16-11-6-8(14(19)20)3-4-9(11)15-12(17)13(16)18/h3-4,6-7,10H,2,5H2,1H3,(H,15,17)(H,19,20). The maximum atomic E-state index is 12.1. The van der Waals surface area contributed by atoms with Crippen LogP contribution in [0.2, 0.25) is 0 Å². The molecular formula is C14H14N2O4. The predicted molar refractivity (Wildman–Crippen MR) is 73.2 cm³/mol. The van der Waals surface area contributed by atoms with Gasteiger partial charge in [-0.1, -0.05) is 13.3 Å². The van der Waals surface area contributed by atoms with Gasteiger partial charge in [0.1, 0.15) is 0 Å². The first-order valence-electron chi connectivity index (χ1n) is 6.54. The van der Waals surface area contributed by atoms with Crippen molar-refractivity contribution in [2.75, 3.05) is 0 Å². The molecular weight excluding hydrogens is 260 g/mol. The zero-order valence-corrected chi connectivity index (χ0v) is 10.9. The summed E-state index contributed by atoms with van der Waals surface area (Å²) in [5, 5.41) is 9.05. The molecule has 2 atom stereocenters. The van der Waals surface area contributed by atoms with Gasteiger partial charge in [0.15, 0.2) is 0 Å². The van der Waals surface area contributed by atoms with E-state index in [0.29, 0.717) is 17.0 Å². The molecule has 1 saturated carbocycles. The predicted octanol–water partition coefficient (Wildman–Crippen LogP) is 1.36.